The number of aromatic amines is 1. The summed E-state index contributed by atoms with van der Waals surface area (Å²) in [5.74, 6) is -0.0216. The number of aromatic nitrogens is 2. The molecule has 25 heavy (non-hydrogen) atoms. The molecule has 4 rings (SSSR count). The van der Waals surface area contributed by atoms with Crippen LogP contribution in [0.25, 0.3) is 11.3 Å². The first kappa shape index (κ1) is 15.1. The first-order chi connectivity index (χ1) is 12.3. The molecule has 3 aromatic rings. The lowest BCUT2D eigenvalue weighted by Crippen LogP contribution is -2.31. The summed E-state index contributed by atoms with van der Waals surface area (Å²) in [6.07, 6.45) is 4.23. The highest BCUT2D eigenvalue weighted by Gasteiger charge is 2.19. The van der Waals surface area contributed by atoms with Crippen molar-refractivity contribution in [3.63, 3.8) is 0 Å². The fourth-order valence-electron chi connectivity index (χ4n) is 2.82. The van der Waals surface area contributed by atoms with Gasteiger partial charge in [0.05, 0.1) is 23.2 Å². The molecule has 6 nitrogen and oxygen atoms in total. The summed E-state index contributed by atoms with van der Waals surface area (Å²) < 4.78 is 0. The van der Waals surface area contributed by atoms with Crippen LogP contribution in [0.3, 0.4) is 0 Å². The number of anilines is 1. The standard InChI is InChI=1S/C19H17N5O/c25-19-16-11-18(23-17(16)7-9-21-19)13-6-8-20-15(10-13)12-22-24-14-4-2-1-3-5-14/h1-6,8,10-12,23-24H,7,9H2,(H,21,25)/b22-12+. The maximum absolute atomic E-state index is 11.9. The van der Waals surface area contributed by atoms with E-state index >= 15 is 0 Å². The number of nitrogens with one attached hydrogen (secondary N) is 3. The number of pyridine rings is 1. The Labute approximate surface area is 145 Å². The van der Waals surface area contributed by atoms with E-state index in [1.54, 1.807) is 12.4 Å². The zero-order valence-corrected chi connectivity index (χ0v) is 13.5. The van der Waals surface area contributed by atoms with Crippen LogP contribution in [-0.4, -0.2) is 28.6 Å². The van der Waals surface area contributed by atoms with Crippen molar-refractivity contribution in [1.29, 1.82) is 0 Å². The third kappa shape index (κ3) is 3.28. The number of para-hydroxylation sites is 1. The molecule has 0 radical (unpaired) electrons. The van der Waals surface area contributed by atoms with E-state index in [1.165, 1.54) is 0 Å². The van der Waals surface area contributed by atoms with Gasteiger partial charge in [-0.25, -0.2) is 0 Å². The van der Waals surface area contributed by atoms with Crippen molar-refractivity contribution in [2.24, 2.45) is 5.10 Å². The second kappa shape index (κ2) is 6.60. The molecule has 124 valence electrons. The summed E-state index contributed by atoms with van der Waals surface area (Å²) >= 11 is 0. The van der Waals surface area contributed by atoms with Crippen molar-refractivity contribution in [3.8, 4) is 11.3 Å². The van der Waals surface area contributed by atoms with Gasteiger partial charge in [-0.1, -0.05) is 18.2 Å². The number of carbonyl (C=O) groups excluding carboxylic acids is 1. The molecule has 6 heteroatoms. The quantitative estimate of drug-likeness (QED) is 0.508. The molecule has 0 spiro atoms. The van der Waals surface area contributed by atoms with Crippen LogP contribution in [0.4, 0.5) is 5.69 Å². The lowest BCUT2D eigenvalue weighted by Gasteiger charge is -2.10. The van der Waals surface area contributed by atoms with Gasteiger partial charge in [-0.15, -0.1) is 0 Å². The zero-order valence-electron chi connectivity index (χ0n) is 13.5. The Morgan fingerprint density at radius 1 is 1.16 bits per heavy atom. The Bertz CT molecular complexity index is 930. The van der Waals surface area contributed by atoms with E-state index in [4.69, 9.17) is 0 Å². The number of fused-ring (bicyclic) bond motifs is 1. The second-order valence-electron chi connectivity index (χ2n) is 5.79. The van der Waals surface area contributed by atoms with Crippen LogP contribution in [0, 0.1) is 0 Å². The van der Waals surface area contributed by atoms with Gasteiger partial charge >= 0.3 is 0 Å². The molecule has 1 aliphatic heterocycles. The fourth-order valence-corrected chi connectivity index (χ4v) is 2.82. The predicted octanol–water partition coefficient (Wildman–Crippen LogP) is 2.81. The molecule has 0 aliphatic carbocycles. The van der Waals surface area contributed by atoms with Gasteiger partial charge in [-0.05, 0) is 30.3 Å². The molecular formula is C19H17N5O. The minimum atomic E-state index is -0.0216. The molecule has 0 fully saturated rings. The smallest absolute Gasteiger partial charge is 0.253 e. The van der Waals surface area contributed by atoms with Crippen LogP contribution in [0.2, 0.25) is 0 Å². The normalized spacial score (nSPS) is 13.5. The van der Waals surface area contributed by atoms with Crippen LogP contribution < -0.4 is 10.7 Å². The van der Waals surface area contributed by atoms with Crippen molar-refractivity contribution >= 4 is 17.8 Å². The third-order valence-corrected chi connectivity index (χ3v) is 4.06. The summed E-state index contributed by atoms with van der Waals surface area (Å²) in [4.78, 5) is 19.6. The minimum Gasteiger partial charge on any atom is -0.358 e. The fraction of sp³-hybridized carbons (Fsp3) is 0.105. The molecule has 0 saturated carbocycles. The summed E-state index contributed by atoms with van der Waals surface area (Å²) in [6, 6.07) is 15.5. The SMILES string of the molecule is O=C1NCCc2[nH]c(-c3ccnc(/C=N/Nc4ccccc4)c3)cc21. The molecule has 0 unspecified atom stereocenters. The van der Waals surface area contributed by atoms with Gasteiger partial charge < -0.3 is 10.3 Å². The number of H-pyrrole nitrogens is 1. The van der Waals surface area contributed by atoms with Gasteiger partial charge in [0.15, 0.2) is 0 Å². The molecule has 0 atom stereocenters. The second-order valence-corrected chi connectivity index (χ2v) is 5.79. The highest BCUT2D eigenvalue weighted by Crippen LogP contribution is 2.24. The van der Waals surface area contributed by atoms with Crippen molar-refractivity contribution in [2.45, 2.75) is 6.42 Å². The highest BCUT2D eigenvalue weighted by molar-refractivity contribution is 5.97. The monoisotopic (exact) mass is 331 g/mol. The van der Waals surface area contributed by atoms with E-state index < -0.39 is 0 Å². The molecule has 0 saturated heterocycles. The van der Waals surface area contributed by atoms with E-state index in [0.717, 1.165) is 40.3 Å². The maximum atomic E-state index is 11.9. The maximum Gasteiger partial charge on any atom is 0.253 e. The number of rotatable bonds is 4. The van der Waals surface area contributed by atoms with Crippen LogP contribution in [0.5, 0.6) is 0 Å². The third-order valence-electron chi connectivity index (χ3n) is 4.06. The first-order valence-electron chi connectivity index (χ1n) is 8.10. The lowest BCUT2D eigenvalue weighted by molar-refractivity contribution is 0.0946. The number of benzene rings is 1. The lowest BCUT2D eigenvalue weighted by atomic mass is 10.1. The minimum absolute atomic E-state index is 0.0216. The van der Waals surface area contributed by atoms with Gasteiger partial charge in [0.25, 0.3) is 5.91 Å². The zero-order chi connectivity index (χ0) is 17.1. The van der Waals surface area contributed by atoms with Crippen LogP contribution >= 0.6 is 0 Å². The average molecular weight is 331 g/mol. The van der Waals surface area contributed by atoms with Crippen molar-refractivity contribution < 1.29 is 4.79 Å². The van der Waals surface area contributed by atoms with Gasteiger partial charge in [0.1, 0.15) is 0 Å². The van der Waals surface area contributed by atoms with E-state index in [9.17, 15) is 4.79 Å². The molecule has 1 aromatic carbocycles. The summed E-state index contributed by atoms with van der Waals surface area (Å²) in [5.41, 5.74) is 8.20. The highest BCUT2D eigenvalue weighted by atomic mass is 16.1. The topological polar surface area (TPSA) is 82.2 Å². The van der Waals surface area contributed by atoms with E-state index in [1.807, 2.05) is 48.5 Å². The number of carbonyl (C=O) groups is 1. The van der Waals surface area contributed by atoms with Crippen LogP contribution in [-0.2, 0) is 6.42 Å². The van der Waals surface area contributed by atoms with E-state index in [-0.39, 0.29) is 5.91 Å². The molecular weight excluding hydrogens is 314 g/mol. The Morgan fingerprint density at radius 2 is 2.04 bits per heavy atom. The van der Waals surface area contributed by atoms with E-state index in [0.29, 0.717) is 6.54 Å². The van der Waals surface area contributed by atoms with Crippen LogP contribution in [0.1, 0.15) is 21.7 Å². The number of hydrogen-bond acceptors (Lipinski definition) is 4. The largest absolute Gasteiger partial charge is 0.358 e. The molecule has 3 heterocycles. The molecule has 1 amide bonds. The molecule has 0 bridgehead atoms. The predicted molar refractivity (Wildman–Crippen MR) is 97.7 cm³/mol. The number of hydrogen-bond donors (Lipinski definition) is 3. The number of hydrazone groups is 1. The summed E-state index contributed by atoms with van der Waals surface area (Å²) in [6.45, 7) is 0.672. The van der Waals surface area contributed by atoms with Crippen LogP contribution in [0.15, 0.2) is 59.8 Å². The Hall–Kier alpha value is -3.41. The Kier molecular flexibility index (Phi) is 4.00. The van der Waals surface area contributed by atoms with Crippen molar-refractivity contribution in [2.75, 3.05) is 12.0 Å². The Morgan fingerprint density at radius 3 is 2.88 bits per heavy atom. The summed E-state index contributed by atoms with van der Waals surface area (Å²) in [7, 11) is 0. The van der Waals surface area contributed by atoms with E-state index in [2.05, 4.69) is 25.8 Å². The molecule has 1 aliphatic rings. The Balaban J connectivity index is 1.54. The van der Waals surface area contributed by atoms with Gasteiger partial charge in [-0.3, -0.25) is 15.2 Å². The first-order valence-corrected chi connectivity index (χ1v) is 8.10. The number of nitrogens with zero attached hydrogens (tertiary/aromatic N) is 2. The number of amides is 1. The molecule has 3 N–H and O–H groups in total. The van der Waals surface area contributed by atoms with Gasteiger partial charge in [-0.2, -0.15) is 5.10 Å². The van der Waals surface area contributed by atoms with Gasteiger partial charge in [0.2, 0.25) is 0 Å². The van der Waals surface area contributed by atoms with Crippen molar-refractivity contribution in [1.82, 2.24) is 15.3 Å². The molecule has 2 aromatic heterocycles. The average Bonchev–Trinajstić information content (AvgIpc) is 3.09. The van der Waals surface area contributed by atoms with Gasteiger partial charge in [0, 0.05) is 36.1 Å². The van der Waals surface area contributed by atoms with Crippen molar-refractivity contribution in [3.05, 3.63) is 71.7 Å². The summed E-state index contributed by atoms with van der Waals surface area (Å²) in [5, 5.41) is 7.07.